The van der Waals surface area contributed by atoms with Gasteiger partial charge in [-0.1, -0.05) is 41.9 Å². The van der Waals surface area contributed by atoms with Crippen LogP contribution in [0.2, 0.25) is 0 Å². The molecule has 0 heterocycles. The van der Waals surface area contributed by atoms with E-state index in [1.807, 2.05) is 0 Å². The maximum absolute atomic E-state index is 3.54. The quantitative estimate of drug-likeness (QED) is 0.869. The van der Waals surface area contributed by atoms with Gasteiger partial charge in [0, 0.05) is 11.0 Å². The molecule has 2 heteroatoms. The highest BCUT2D eigenvalue weighted by molar-refractivity contribution is 9.10. The van der Waals surface area contributed by atoms with Crippen LogP contribution in [0.5, 0.6) is 0 Å². The van der Waals surface area contributed by atoms with E-state index in [0.29, 0.717) is 5.92 Å². The summed E-state index contributed by atoms with van der Waals surface area (Å²) in [5, 5.41) is 3.43. The fourth-order valence-electron chi connectivity index (χ4n) is 1.25. The second-order valence-electron chi connectivity index (χ2n) is 4.11. The summed E-state index contributed by atoms with van der Waals surface area (Å²) >= 11 is 3.54. The topological polar surface area (TPSA) is 12.0 Å². The fraction of sp³-hybridized carbons (Fsp3) is 0.500. The summed E-state index contributed by atoms with van der Waals surface area (Å²) in [5.41, 5.74) is 2.63. The standard InChI is InChI=1S/C12H18BrN/c1-9(2)7-14-8-11-5-4-10(3)12(13)6-11/h4-6,9,14H,7-8H2,1-3H3. The molecule has 1 rings (SSSR count). The van der Waals surface area contributed by atoms with Crippen LogP contribution in [0.3, 0.4) is 0 Å². The first kappa shape index (κ1) is 11.7. The van der Waals surface area contributed by atoms with E-state index < -0.39 is 0 Å². The van der Waals surface area contributed by atoms with Crippen LogP contribution in [0, 0.1) is 12.8 Å². The van der Waals surface area contributed by atoms with E-state index in [-0.39, 0.29) is 0 Å². The summed E-state index contributed by atoms with van der Waals surface area (Å²) in [5.74, 6) is 0.712. The van der Waals surface area contributed by atoms with Crippen LogP contribution in [-0.2, 0) is 6.54 Å². The highest BCUT2D eigenvalue weighted by Crippen LogP contribution is 2.17. The van der Waals surface area contributed by atoms with Crippen molar-refractivity contribution >= 4 is 15.9 Å². The molecule has 0 aliphatic carbocycles. The van der Waals surface area contributed by atoms with E-state index >= 15 is 0 Å². The number of hydrogen-bond donors (Lipinski definition) is 1. The van der Waals surface area contributed by atoms with Crippen LogP contribution >= 0.6 is 15.9 Å². The second-order valence-corrected chi connectivity index (χ2v) is 4.96. The lowest BCUT2D eigenvalue weighted by atomic mass is 10.1. The average Bonchev–Trinajstić information content (AvgIpc) is 2.10. The minimum absolute atomic E-state index is 0.712. The zero-order chi connectivity index (χ0) is 10.6. The Morgan fingerprint density at radius 1 is 1.36 bits per heavy atom. The van der Waals surface area contributed by atoms with Crippen molar-refractivity contribution in [3.63, 3.8) is 0 Å². The summed E-state index contributed by atoms with van der Waals surface area (Å²) in [6.07, 6.45) is 0. The number of halogens is 1. The van der Waals surface area contributed by atoms with Gasteiger partial charge in [-0.15, -0.1) is 0 Å². The highest BCUT2D eigenvalue weighted by Gasteiger charge is 1.98. The molecule has 0 amide bonds. The molecule has 1 aromatic rings. The number of rotatable bonds is 4. The molecule has 78 valence electrons. The predicted octanol–water partition coefficient (Wildman–Crippen LogP) is 3.50. The molecule has 0 atom stereocenters. The summed E-state index contributed by atoms with van der Waals surface area (Å²) in [4.78, 5) is 0. The van der Waals surface area contributed by atoms with Gasteiger partial charge in [-0.25, -0.2) is 0 Å². The van der Waals surface area contributed by atoms with Crippen LogP contribution in [0.15, 0.2) is 22.7 Å². The molecule has 0 fully saturated rings. The summed E-state index contributed by atoms with van der Waals surface area (Å²) in [6, 6.07) is 6.51. The molecule has 0 radical (unpaired) electrons. The monoisotopic (exact) mass is 255 g/mol. The van der Waals surface area contributed by atoms with Gasteiger partial charge in [0.25, 0.3) is 0 Å². The molecule has 1 N–H and O–H groups in total. The minimum Gasteiger partial charge on any atom is -0.312 e. The molecule has 0 aliphatic rings. The Hall–Kier alpha value is -0.340. The highest BCUT2D eigenvalue weighted by atomic mass is 79.9. The number of benzene rings is 1. The Labute approximate surface area is 95.0 Å². The third-order valence-corrected chi connectivity index (χ3v) is 2.97. The van der Waals surface area contributed by atoms with Crippen molar-refractivity contribution in [1.82, 2.24) is 5.32 Å². The number of aryl methyl sites for hydroxylation is 1. The van der Waals surface area contributed by atoms with Gasteiger partial charge in [0.1, 0.15) is 0 Å². The van der Waals surface area contributed by atoms with E-state index in [1.54, 1.807) is 0 Å². The third kappa shape index (κ3) is 3.81. The zero-order valence-corrected chi connectivity index (χ0v) is 10.7. The number of nitrogens with one attached hydrogen (secondary N) is 1. The van der Waals surface area contributed by atoms with Gasteiger partial charge in [-0.05, 0) is 36.6 Å². The maximum atomic E-state index is 3.54. The van der Waals surface area contributed by atoms with Crippen molar-refractivity contribution in [3.05, 3.63) is 33.8 Å². The molecule has 0 aliphatic heterocycles. The second kappa shape index (κ2) is 5.52. The first-order valence-corrected chi connectivity index (χ1v) is 5.84. The molecular formula is C12H18BrN. The van der Waals surface area contributed by atoms with E-state index in [9.17, 15) is 0 Å². The van der Waals surface area contributed by atoms with Crippen LogP contribution in [0.25, 0.3) is 0 Å². The Balaban J connectivity index is 2.47. The SMILES string of the molecule is Cc1ccc(CNCC(C)C)cc1Br. The minimum atomic E-state index is 0.712. The molecule has 14 heavy (non-hydrogen) atoms. The largest absolute Gasteiger partial charge is 0.312 e. The molecule has 0 aromatic heterocycles. The smallest absolute Gasteiger partial charge is 0.0207 e. The van der Waals surface area contributed by atoms with E-state index in [0.717, 1.165) is 13.1 Å². The van der Waals surface area contributed by atoms with Crippen LogP contribution in [0.1, 0.15) is 25.0 Å². The lowest BCUT2D eigenvalue weighted by molar-refractivity contribution is 0.552. The summed E-state index contributed by atoms with van der Waals surface area (Å²) in [6.45, 7) is 8.58. The first-order chi connectivity index (χ1) is 6.59. The first-order valence-electron chi connectivity index (χ1n) is 5.05. The van der Waals surface area contributed by atoms with Crippen molar-refractivity contribution in [2.75, 3.05) is 6.54 Å². The molecule has 0 saturated heterocycles. The van der Waals surface area contributed by atoms with Crippen LogP contribution < -0.4 is 5.32 Å². The average molecular weight is 256 g/mol. The molecule has 0 bridgehead atoms. The van der Waals surface area contributed by atoms with Crippen molar-refractivity contribution in [1.29, 1.82) is 0 Å². The van der Waals surface area contributed by atoms with Gasteiger partial charge in [-0.3, -0.25) is 0 Å². The molecule has 0 saturated carbocycles. The molecule has 1 nitrogen and oxygen atoms in total. The van der Waals surface area contributed by atoms with Crippen molar-refractivity contribution in [3.8, 4) is 0 Å². The van der Waals surface area contributed by atoms with Gasteiger partial charge in [0.2, 0.25) is 0 Å². The van der Waals surface area contributed by atoms with E-state index in [1.165, 1.54) is 15.6 Å². The van der Waals surface area contributed by atoms with Crippen LogP contribution in [-0.4, -0.2) is 6.54 Å². The molecule has 0 unspecified atom stereocenters. The Morgan fingerprint density at radius 2 is 2.07 bits per heavy atom. The van der Waals surface area contributed by atoms with Gasteiger partial charge in [0.15, 0.2) is 0 Å². The molecular weight excluding hydrogens is 238 g/mol. The third-order valence-electron chi connectivity index (χ3n) is 2.12. The predicted molar refractivity (Wildman–Crippen MR) is 65.4 cm³/mol. The lowest BCUT2D eigenvalue weighted by Gasteiger charge is -2.08. The molecule has 0 spiro atoms. The van der Waals surface area contributed by atoms with Gasteiger partial charge in [0.05, 0.1) is 0 Å². The van der Waals surface area contributed by atoms with Crippen molar-refractivity contribution in [2.24, 2.45) is 5.92 Å². The zero-order valence-electron chi connectivity index (χ0n) is 9.10. The molecule has 1 aromatic carbocycles. The Bertz CT molecular complexity index is 294. The summed E-state index contributed by atoms with van der Waals surface area (Å²) in [7, 11) is 0. The Kier molecular flexibility index (Phi) is 4.63. The fourth-order valence-corrected chi connectivity index (χ4v) is 1.68. The van der Waals surface area contributed by atoms with Crippen LogP contribution in [0.4, 0.5) is 0 Å². The number of hydrogen-bond acceptors (Lipinski definition) is 1. The van der Waals surface area contributed by atoms with Gasteiger partial charge >= 0.3 is 0 Å². The van der Waals surface area contributed by atoms with Gasteiger partial charge < -0.3 is 5.32 Å². The van der Waals surface area contributed by atoms with E-state index in [2.05, 4.69) is 60.2 Å². The summed E-state index contributed by atoms with van der Waals surface area (Å²) < 4.78 is 1.20. The van der Waals surface area contributed by atoms with Crippen molar-refractivity contribution < 1.29 is 0 Å². The van der Waals surface area contributed by atoms with Gasteiger partial charge in [-0.2, -0.15) is 0 Å². The normalized spacial score (nSPS) is 10.9. The van der Waals surface area contributed by atoms with Crippen molar-refractivity contribution in [2.45, 2.75) is 27.3 Å². The Morgan fingerprint density at radius 3 is 2.64 bits per heavy atom. The van der Waals surface area contributed by atoms with E-state index in [4.69, 9.17) is 0 Å². The maximum Gasteiger partial charge on any atom is 0.0207 e. The lowest BCUT2D eigenvalue weighted by Crippen LogP contribution is -2.18.